The molecule has 3 fully saturated rings. The average molecular weight is 480 g/mol. The zero-order valence-corrected chi connectivity index (χ0v) is 21.5. The van der Waals surface area contributed by atoms with Crippen molar-refractivity contribution < 1.29 is 19.0 Å². The van der Waals surface area contributed by atoms with E-state index in [1.807, 2.05) is 32.0 Å². The van der Waals surface area contributed by atoms with Crippen molar-refractivity contribution in [2.75, 3.05) is 26.7 Å². The number of benzene rings is 2. The minimum absolute atomic E-state index is 0.104. The van der Waals surface area contributed by atoms with Crippen molar-refractivity contribution in [1.82, 2.24) is 9.80 Å². The molecule has 0 saturated carbocycles. The highest BCUT2D eigenvalue weighted by molar-refractivity contribution is 5.70. The Hall–Kier alpha value is -2.60. The van der Waals surface area contributed by atoms with E-state index in [4.69, 9.17) is 4.74 Å². The number of methoxy groups -OCH3 is 1. The fourth-order valence-electron chi connectivity index (χ4n) is 6.98. The van der Waals surface area contributed by atoms with Crippen LogP contribution in [0.25, 0.3) is 11.1 Å². The zero-order chi connectivity index (χ0) is 25.1. The molecule has 0 N–H and O–H groups in total. The van der Waals surface area contributed by atoms with Gasteiger partial charge in [0.15, 0.2) is 0 Å². The normalized spacial score (nSPS) is 26.8. The lowest BCUT2D eigenvalue weighted by Crippen LogP contribution is -2.63. The van der Waals surface area contributed by atoms with Gasteiger partial charge in [-0.05, 0) is 116 Å². The molecule has 35 heavy (non-hydrogen) atoms. The number of ether oxygens (including phenoxy) is 1. The van der Waals surface area contributed by atoms with Gasteiger partial charge in [-0.1, -0.05) is 13.8 Å². The monoisotopic (exact) mass is 479 g/mol. The summed E-state index contributed by atoms with van der Waals surface area (Å²) in [6.07, 6.45) is 2.51. The highest BCUT2D eigenvalue weighted by Gasteiger charge is 2.46. The summed E-state index contributed by atoms with van der Waals surface area (Å²) in [5, 5.41) is 12.7. The second-order valence-corrected chi connectivity index (χ2v) is 11.4. The summed E-state index contributed by atoms with van der Waals surface area (Å²) < 4.78 is 21.3. The van der Waals surface area contributed by atoms with Gasteiger partial charge in [0, 0.05) is 18.2 Å². The Balaban J connectivity index is 1.59. The van der Waals surface area contributed by atoms with E-state index >= 15 is 4.39 Å². The maximum atomic E-state index is 15.8. The molecular formula is C29H36FN2O3-. The SMILES string of the molecule is COc1c(C)cc(-c2cc3c(cc2F)[C@H](N(C(=O)[O-])[C@@H]2CN4CCC2CC4)C(C)(C)CC3)cc1C. The maximum absolute atomic E-state index is 15.8. The van der Waals surface area contributed by atoms with Crippen LogP contribution in [0.15, 0.2) is 24.3 Å². The van der Waals surface area contributed by atoms with E-state index in [1.54, 1.807) is 18.1 Å². The van der Waals surface area contributed by atoms with Crippen LogP contribution in [0.4, 0.5) is 9.18 Å². The maximum Gasteiger partial charge on any atom is 0.137 e. The quantitative estimate of drug-likeness (QED) is 0.628. The van der Waals surface area contributed by atoms with Crippen LogP contribution in [0.2, 0.25) is 0 Å². The lowest BCUT2D eigenvalue weighted by atomic mass is 9.68. The third kappa shape index (κ3) is 4.10. The van der Waals surface area contributed by atoms with Crippen molar-refractivity contribution in [3.63, 3.8) is 0 Å². The number of carboxylic acid groups (broad SMARTS) is 1. The molecule has 0 aromatic heterocycles. The highest BCUT2D eigenvalue weighted by atomic mass is 19.1. The Labute approximate surface area is 207 Å². The molecule has 5 nitrogen and oxygen atoms in total. The van der Waals surface area contributed by atoms with E-state index in [2.05, 4.69) is 18.7 Å². The molecule has 6 heteroatoms. The molecule has 3 aliphatic heterocycles. The number of amides is 1. The number of carbonyl (C=O) groups is 1. The average Bonchev–Trinajstić information content (AvgIpc) is 2.81. The topological polar surface area (TPSA) is 55.8 Å². The number of rotatable bonds is 4. The van der Waals surface area contributed by atoms with Gasteiger partial charge in [-0.15, -0.1) is 0 Å². The first-order valence-corrected chi connectivity index (χ1v) is 12.8. The summed E-state index contributed by atoms with van der Waals surface area (Å²) in [5.41, 5.74) is 4.80. The minimum Gasteiger partial charge on any atom is -0.530 e. The Kier molecular flexibility index (Phi) is 6.07. The molecule has 6 rings (SSSR count). The van der Waals surface area contributed by atoms with E-state index in [0.717, 1.165) is 78.9 Å². The second-order valence-electron chi connectivity index (χ2n) is 11.4. The Morgan fingerprint density at radius 1 is 1.14 bits per heavy atom. The number of carbonyl (C=O) groups excluding carboxylic acids is 1. The van der Waals surface area contributed by atoms with E-state index < -0.39 is 12.1 Å². The Morgan fingerprint density at radius 2 is 1.80 bits per heavy atom. The number of nitrogens with zero attached hydrogens (tertiary/aromatic N) is 2. The van der Waals surface area contributed by atoms with E-state index in [0.29, 0.717) is 11.5 Å². The molecule has 0 unspecified atom stereocenters. The first kappa shape index (κ1) is 24.1. The van der Waals surface area contributed by atoms with Crippen LogP contribution < -0.4 is 9.84 Å². The van der Waals surface area contributed by atoms with Gasteiger partial charge in [-0.2, -0.15) is 0 Å². The third-order valence-electron chi connectivity index (χ3n) is 8.75. The zero-order valence-electron chi connectivity index (χ0n) is 21.5. The number of hydrogen-bond donors (Lipinski definition) is 0. The Morgan fingerprint density at radius 3 is 2.34 bits per heavy atom. The summed E-state index contributed by atoms with van der Waals surface area (Å²) in [4.78, 5) is 16.6. The van der Waals surface area contributed by atoms with Gasteiger partial charge >= 0.3 is 0 Å². The number of fused-ring (bicyclic) bond motifs is 4. The lowest BCUT2D eigenvalue weighted by Gasteiger charge is -2.56. The molecule has 2 aromatic rings. The third-order valence-corrected chi connectivity index (χ3v) is 8.75. The Bertz CT molecular complexity index is 1130. The fraction of sp³-hybridized carbons (Fsp3) is 0.552. The molecule has 3 saturated heterocycles. The summed E-state index contributed by atoms with van der Waals surface area (Å²) in [6, 6.07) is 6.93. The van der Waals surface area contributed by atoms with Crippen LogP contribution in [-0.4, -0.2) is 48.7 Å². The lowest BCUT2D eigenvalue weighted by molar-refractivity contribution is -0.277. The first-order chi connectivity index (χ1) is 16.6. The van der Waals surface area contributed by atoms with Gasteiger partial charge in [-0.3, -0.25) is 0 Å². The second kappa shape index (κ2) is 8.81. The summed E-state index contributed by atoms with van der Waals surface area (Å²) >= 11 is 0. The molecule has 1 aliphatic carbocycles. The van der Waals surface area contributed by atoms with Crippen LogP contribution in [0.5, 0.6) is 5.75 Å². The van der Waals surface area contributed by atoms with E-state index in [-0.39, 0.29) is 17.3 Å². The van der Waals surface area contributed by atoms with Crippen molar-refractivity contribution >= 4 is 6.09 Å². The van der Waals surface area contributed by atoms with Crippen LogP contribution >= 0.6 is 0 Å². The van der Waals surface area contributed by atoms with Crippen molar-refractivity contribution in [2.45, 2.75) is 65.5 Å². The summed E-state index contributed by atoms with van der Waals surface area (Å²) in [7, 11) is 1.65. The predicted octanol–water partition coefficient (Wildman–Crippen LogP) is 4.87. The summed E-state index contributed by atoms with van der Waals surface area (Å²) in [5.74, 6) is 0.840. The number of aryl methyl sites for hydroxylation is 3. The summed E-state index contributed by atoms with van der Waals surface area (Å²) in [6.45, 7) is 11.0. The number of hydrogen-bond acceptors (Lipinski definition) is 4. The molecular weight excluding hydrogens is 443 g/mol. The van der Waals surface area contributed by atoms with Gasteiger partial charge in [0.2, 0.25) is 0 Å². The molecule has 2 aromatic carbocycles. The van der Waals surface area contributed by atoms with Crippen molar-refractivity contribution in [3.05, 3.63) is 52.3 Å². The van der Waals surface area contributed by atoms with Crippen LogP contribution in [0, 0.1) is 31.0 Å². The minimum atomic E-state index is -1.14. The first-order valence-electron chi connectivity index (χ1n) is 12.8. The molecule has 1 amide bonds. The molecule has 3 heterocycles. The van der Waals surface area contributed by atoms with Crippen molar-refractivity contribution in [1.29, 1.82) is 0 Å². The number of piperidine rings is 3. The van der Waals surface area contributed by atoms with E-state index in [9.17, 15) is 9.90 Å². The van der Waals surface area contributed by atoms with Crippen LogP contribution in [-0.2, 0) is 6.42 Å². The fourth-order valence-corrected chi connectivity index (χ4v) is 6.98. The standard InChI is InChI=1S/C29H37FN2O3/c1-17-12-21(13-18(2)26(17)35-5)22-14-20-6-9-29(3,4)27(23(20)15-24(22)30)32(28(33)34)25-16-31-10-7-19(25)8-11-31/h12-15,19,25,27H,6-11,16H2,1-5H3,(H,33,34)/p-1/t25-,27+/m1/s1. The molecule has 0 spiro atoms. The van der Waals surface area contributed by atoms with Gasteiger partial charge in [-0.25, -0.2) is 4.39 Å². The predicted molar refractivity (Wildman–Crippen MR) is 133 cm³/mol. The van der Waals surface area contributed by atoms with Gasteiger partial charge < -0.3 is 24.4 Å². The van der Waals surface area contributed by atoms with Crippen molar-refractivity contribution in [2.24, 2.45) is 11.3 Å². The molecule has 4 aliphatic rings. The van der Waals surface area contributed by atoms with Gasteiger partial charge in [0.1, 0.15) is 17.7 Å². The van der Waals surface area contributed by atoms with E-state index in [1.165, 1.54) is 0 Å². The largest absolute Gasteiger partial charge is 0.530 e. The molecule has 2 bridgehead atoms. The van der Waals surface area contributed by atoms with Crippen LogP contribution in [0.3, 0.4) is 0 Å². The highest BCUT2D eigenvalue weighted by Crippen LogP contribution is 2.50. The number of halogens is 1. The molecule has 188 valence electrons. The molecule has 0 radical (unpaired) electrons. The van der Waals surface area contributed by atoms with Crippen LogP contribution in [0.1, 0.15) is 61.4 Å². The molecule has 2 atom stereocenters. The van der Waals surface area contributed by atoms with Crippen molar-refractivity contribution in [3.8, 4) is 16.9 Å². The van der Waals surface area contributed by atoms with Gasteiger partial charge in [0.25, 0.3) is 0 Å². The smallest absolute Gasteiger partial charge is 0.137 e. The van der Waals surface area contributed by atoms with Gasteiger partial charge in [0.05, 0.1) is 13.2 Å².